The summed E-state index contributed by atoms with van der Waals surface area (Å²) in [4.78, 5) is 0. The van der Waals surface area contributed by atoms with E-state index in [1.807, 2.05) is 6.26 Å². The van der Waals surface area contributed by atoms with Crippen molar-refractivity contribution >= 4 is 0 Å². The fourth-order valence-electron chi connectivity index (χ4n) is 4.60. The predicted octanol–water partition coefficient (Wildman–Crippen LogP) is 7.29. The summed E-state index contributed by atoms with van der Waals surface area (Å²) in [6, 6.07) is 0. The summed E-state index contributed by atoms with van der Waals surface area (Å²) in [5, 5.41) is 0. The molecule has 24 heavy (non-hydrogen) atoms. The molecule has 0 bridgehead atoms. The Labute approximate surface area is 150 Å². The fourth-order valence-corrected chi connectivity index (χ4v) is 4.60. The summed E-state index contributed by atoms with van der Waals surface area (Å²) in [5.74, 6) is 3.72. The number of rotatable bonds is 9. The van der Waals surface area contributed by atoms with Gasteiger partial charge in [0.25, 0.3) is 0 Å². The highest BCUT2D eigenvalue weighted by atomic mass is 16.5. The Morgan fingerprint density at radius 2 is 1.50 bits per heavy atom. The van der Waals surface area contributed by atoms with E-state index in [1.54, 1.807) is 0 Å². The molecule has 0 heterocycles. The van der Waals surface area contributed by atoms with Crippen LogP contribution in [0, 0.1) is 23.7 Å². The van der Waals surface area contributed by atoms with Crippen LogP contribution in [-0.4, -0.2) is 6.61 Å². The molecule has 0 unspecified atom stereocenters. The van der Waals surface area contributed by atoms with Gasteiger partial charge in [-0.1, -0.05) is 44.9 Å². The van der Waals surface area contributed by atoms with E-state index in [9.17, 15) is 0 Å². The van der Waals surface area contributed by atoms with Crippen LogP contribution in [0.5, 0.6) is 0 Å². The molecule has 0 saturated heterocycles. The van der Waals surface area contributed by atoms with Crippen LogP contribution in [0.3, 0.4) is 0 Å². The Balaban J connectivity index is 1.60. The molecular weight excluding hydrogens is 292 g/mol. The lowest BCUT2D eigenvalue weighted by Gasteiger charge is -2.37. The van der Waals surface area contributed by atoms with Crippen LogP contribution in [0.2, 0.25) is 0 Å². The molecule has 138 valence electrons. The van der Waals surface area contributed by atoms with Crippen LogP contribution in [0.1, 0.15) is 90.9 Å². The molecular formula is C23H40O. The lowest BCUT2D eigenvalue weighted by atomic mass is 9.69. The summed E-state index contributed by atoms with van der Waals surface area (Å²) >= 11 is 0. The second-order valence-electron chi connectivity index (χ2n) is 8.14. The van der Waals surface area contributed by atoms with Crippen molar-refractivity contribution < 1.29 is 4.74 Å². The number of ether oxygens (including phenoxy) is 1. The van der Waals surface area contributed by atoms with Crippen LogP contribution in [-0.2, 0) is 4.74 Å². The maximum absolute atomic E-state index is 5.67. The second kappa shape index (κ2) is 11.8. The van der Waals surface area contributed by atoms with Crippen molar-refractivity contribution in [3.8, 4) is 0 Å². The highest BCUT2D eigenvalue weighted by molar-refractivity contribution is 4.92. The number of hydrogen-bond acceptors (Lipinski definition) is 1. The zero-order chi connectivity index (χ0) is 17.0. The smallest absolute Gasteiger partial charge is 0.0901 e. The van der Waals surface area contributed by atoms with Crippen molar-refractivity contribution in [3.63, 3.8) is 0 Å². The van der Waals surface area contributed by atoms with Crippen molar-refractivity contribution in [2.24, 2.45) is 23.7 Å². The van der Waals surface area contributed by atoms with E-state index in [0.717, 1.165) is 36.7 Å². The molecule has 1 nitrogen and oxygen atoms in total. The van der Waals surface area contributed by atoms with Crippen molar-refractivity contribution in [2.75, 3.05) is 6.61 Å². The minimum atomic E-state index is 0.806. The quantitative estimate of drug-likeness (QED) is 0.245. The van der Waals surface area contributed by atoms with E-state index in [-0.39, 0.29) is 0 Å². The van der Waals surface area contributed by atoms with Gasteiger partial charge in [0.1, 0.15) is 0 Å². The summed E-state index contributed by atoms with van der Waals surface area (Å²) in [6.45, 7) is 5.38. The van der Waals surface area contributed by atoms with Gasteiger partial charge in [-0.3, -0.25) is 0 Å². The lowest BCUT2D eigenvalue weighted by molar-refractivity contribution is 0.113. The van der Waals surface area contributed by atoms with Gasteiger partial charge in [-0.25, -0.2) is 0 Å². The van der Waals surface area contributed by atoms with Crippen LogP contribution < -0.4 is 0 Å². The second-order valence-corrected chi connectivity index (χ2v) is 8.14. The first-order valence-corrected chi connectivity index (χ1v) is 10.8. The van der Waals surface area contributed by atoms with E-state index >= 15 is 0 Å². The van der Waals surface area contributed by atoms with Crippen LogP contribution in [0.25, 0.3) is 0 Å². The first kappa shape index (κ1) is 19.6. The van der Waals surface area contributed by atoms with Crippen molar-refractivity contribution in [1.29, 1.82) is 0 Å². The maximum Gasteiger partial charge on any atom is 0.0901 e. The summed E-state index contributed by atoms with van der Waals surface area (Å²) < 4.78 is 5.67. The Morgan fingerprint density at radius 1 is 0.833 bits per heavy atom. The SMILES string of the molecule is CCC=COCC1CCC(C2CCC(C=CCCCC)CC2)CC1. The maximum atomic E-state index is 5.67. The first-order valence-electron chi connectivity index (χ1n) is 10.8. The third-order valence-electron chi connectivity index (χ3n) is 6.27. The molecule has 2 fully saturated rings. The molecule has 0 radical (unpaired) electrons. The van der Waals surface area contributed by atoms with E-state index in [1.165, 1.54) is 70.6 Å². The van der Waals surface area contributed by atoms with Gasteiger partial charge in [0.15, 0.2) is 0 Å². The Kier molecular flexibility index (Phi) is 9.61. The van der Waals surface area contributed by atoms with Gasteiger partial charge in [-0.2, -0.15) is 0 Å². The molecule has 0 aromatic rings. The number of hydrogen-bond donors (Lipinski definition) is 0. The van der Waals surface area contributed by atoms with Crippen molar-refractivity contribution in [1.82, 2.24) is 0 Å². The standard InChI is InChI=1S/C23H40O/c1-3-5-7-8-9-20-10-14-22(15-11-20)23-16-12-21(13-17-23)19-24-18-6-4-2/h6,8-9,18,20-23H,3-5,7,10-17,19H2,1-2H3. The average molecular weight is 333 g/mol. The molecule has 0 N–H and O–H groups in total. The molecule has 0 aromatic carbocycles. The molecule has 0 atom stereocenters. The minimum absolute atomic E-state index is 0.806. The molecule has 0 spiro atoms. The summed E-state index contributed by atoms with van der Waals surface area (Å²) in [5.41, 5.74) is 0. The fraction of sp³-hybridized carbons (Fsp3) is 0.826. The van der Waals surface area contributed by atoms with Gasteiger partial charge in [0.05, 0.1) is 12.9 Å². The van der Waals surface area contributed by atoms with Crippen molar-refractivity contribution in [3.05, 3.63) is 24.5 Å². The molecule has 0 aliphatic heterocycles. The van der Waals surface area contributed by atoms with Gasteiger partial charge in [-0.05, 0) is 87.9 Å². The topological polar surface area (TPSA) is 9.23 Å². The Bertz CT molecular complexity index is 354. The van der Waals surface area contributed by atoms with Gasteiger partial charge in [0.2, 0.25) is 0 Å². The molecule has 0 aromatic heterocycles. The molecule has 0 amide bonds. The van der Waals surface area contributed by atoms with Gasteiger partial charge in [-0.15, -0.1) is 0 Å². The zero-order valence-electron chi connectivity index (χ0n) is 16.2. The first-order chi connectivity index (χ1) is 11.8. The van der Waals surface area contributed by atoms with E-state index in [4.69, 9.17) is 4.74 Å². The van der Waals surface area contributed by atoms with Crippen molar-refractivity contribution in [2.45, 2.75) is 90.9 Å². The van der Waals surface area contributed by atoms with Gasteiger partial charge in [0, 0.05) is 0 Å². The van der Waals surface area contributed by atoms with Gasteiger partial charge < -0.3 is 4.74 Å². The number of unbranched alkanes of at least 4 members (excludes halogenated alkanes) is 2. The predicted molar refractivity (Wildman–Crippen MR) is 105 cm³/mol. The van der Waals surface area contributed by atoms with E-state index in [2.05, 4.69) is 32.1 Å². The summed E-state index contributed by atoms with van der Waals surface area (Å²) in [6.07, 6.45) is 25.6. The molecule has 1 heteroatoms. The summed E-state index contributed by atoms with van der Waals surface area (Å²) in [7, 11) is 0. The monoisotopic (exact) mass is 332 g/mol. The van der Waals surface area contributed by atoms with Gasteiger partial charge >= 0.3 is 0 Å². The molecule has 2 saturated carbocycles. The van der Waals surface area contributed by atoms with E-state index < -0.39 is 0 Å². The van der Waals surface area contributed by atoms with Crippen LogP contribution >= 0.6 is 0 Å². The normalized spacial score (nSPS) is 31.8. The Hall–Kier alpha value is -0.720. The largest absolute Gasteiger partial charge is 0.501 e. The number of allylic oxidation sites excluding steroid dienone is 3. The van der Waals surface area contributed by atoms with Crippen LogP contribution in [0.4, 0.5) is 0 Å². The molecule has 2 aliphatic rings. The third kappa shape index (κ3) is 7.03. The van der Waals surface area contributed by atoms with E-state index in [0.29, 0.717) is 0 Å². The van der Waals surface area contributed by atoms with Crippen LogP contribution in [0.15, 0.2) is 24.5 Å². The third-order valence-corrected chi connectivity index (χ3v) is 6.27. The average Bonchev–Trinajstić information content (AvgIpc) is 2.64. The highest BCUT2D eigenvalue weighted by Gasteiger charge is 2.30. The zero-order valence-corrected chi connectivity index (χ0v) is 16.2. The lowest BCUT2D eigenvalue weighted by Crippen LogP contribution is -2.26. The minimum Gasteiger partial charge on any atom is -0.501 e. The Morgan fingerprint density at radius 3 is 2.12 bits per heavy atom. The molecule has 2 rings (SSSR count). The molecule has 2 aliphatic carbocycles. The highest BCUT2D eigenvalue weighted by Crippen LogP contribution is 2.41.